The van der Waals surface area contributed by atoms with Crippen molar-refractivity contribution in [3.05, 3.63) is 291 Å². The second-order valence-corrected chi connectivity index (χ2v) is 19.0. The molecular formula is C70H48N4. The molecule has 0 aliphatic carbocycles. The van der Waals surface area contributed by atoms with Gasteiger partial charge in [-0.1, -0.05) is 152 Å². The van der Waals surface area contributed by atoms with E-state index in [0.717, 1.165) is 62.4 Å². The van der Waals surface area contributed by atoms with Crippen LogP contribution in [0.25, 0.3) is 70.9 Å². The van der Waals surface area contributed by atoms with Crippen molar-refractivity contribution >= 4 is 105 Å². The Morgan fingerprint density at radius 1 is 0.216 bits per heavy atom. The average molecular weight is 945 g/mol. The molecule has 4 nitrogen and oxygen atoms in total. The number of rotatable bonds is 11. The van der Waals surface area contributed by atoms with Gasteiger partial charge in [0.05, 0.1) is 11.0 Å². The van der Waals surface area contributed by atoms with Gasteiger partial charge in [-0.3, -0.25) is 0 Å². The van der Waals surface area contributed by atoms with Crippen LogP contribution in [0.4, 0.5) is 51.2 Å². The van der Waals surface area contributed by atoms with Crippen molar-refractivity contribution in [1.82, 2.24) is 4.57 Å². The van der Waals surface area contributed by atoms with Crippen LogP contribution in [0.15, 0.2) is 291 Å². The van der Waals surface area contributed by atoms with E-state index in [9.17, 15) is 0 Å². The molecule has 0 unspecified atom stereocenters. The summed E-state index contributed by atoms with van der Waals surface area (Å²) < 4.78 is 2.44. The molecule has 14 rings (SSSR count). The van der Waals surface area contributed by atoms with E-state index in [1.807, 2.05) is 0 Å². The maximum atomic E-state index is 2.44. The Morgan fingerprint density at radius 3 is 1.05 bits per heavy atom. The molecule has 4 heteroatoms. The number of aromatic nitrogens is 1. The van der Waals surface area contributed by atoms with Gasteiger partial charge in [-0.2, -0.15) is 0 Å². The number of hydrogen-bond donors (Lipinski definition) is 0. The summed E-state index contributed by atoms with van der Waals surface area (Å²) in [6, 6.07) is 105. The average Bonchev–Trinajstić information content (AvgIpc) is 3.83. The highest BCUT2D eigenvalue weighted by Crippen LogP contribution is 2.46. The smallest absolute Gasteiger partial charge is 0.0553 e. The van der Waals surface area contributed by atoms with Crippen LogP contribution in [0.1, 0.15) is 0 Å². The van der Waals surface area contributed by atoms with Gasteiger partial charge in [-0.05, 0) is 183 Å². The zero-order chi connectivity index (χ0) is 49.0. The number of fused-ring (bicyclic) bond motifs is 4. The van der Waals surface area contributed by atoms with Gasteiger partial charge in [-0.15, -0.1) is 0 Å². The Balaban J connectivity index is 0.892. The van der Waals surface area contributed by atoms with Gasteiger partial charge >= 0.3 is 0 Å². The molecule has 0 aliphatic heterocycles. The van der Waals surface area contributed by atoms with Gasteiger partial charge in [0.15, 0.2) is 0 Å². The molecule has 13 aromatic carbocycles. The highest BCUT2D eigenvalue weighted by atomic mass is 15.2. The number of para-hydroxylation sites is 5. The summed E-state index contributed by atoms with van der Waals surface area (Å²) in [6.45, 7) is 0. The maximum absolute atomic E-state index is 2.44. The predicted molar refractivity (Wildman–Crippen MR) is 314 cm³/mol. The zero-order valence-corrected chi connectivity index (χ0v) is 40.5. The van der Waals surface area contributed by atoms with Crippen LogP contribution in [0.3, 0.4) is 0 Å². The van der Waals surface area contributed by atoms with E-state index in [4.69, 9.17) is 0 Å². The Bertz CT molecular complexity index is 4030. The van der Waals surface area contributed by atoms with Gasteiger partial charge in [0, 0.05) is 67.6 Å². The molecular weight excluding hydrogens is 897 g/mol. The minimum absolute atomic E-state index is 1.05. The number of anilines is 9. The lowest BCUT2D eigenvalue weighted by Gasteiger charge is -2.29. The number of benzene rings is 13. The lowest BCUT2D eigenvalue weighted by Crippen LogP contribution is -2.13. The first kappa shape index (κ1) is 42.9. The Morgan fingerprint density at radius 2 is 0.595 bits per heavy atom. The molecule has 0 radical (unpaired) electrons. The normalized spacial score (nSPS) is 11.5. The SMILES string of the molecule is c1ccc(N(c2ccccc2)c2ccc(N(c3ccc(-c4ccc5c(c4)c4c6ccc7cccc8ccc(cc4n5-c4ccccc4)c6c87)cc3)c3ccc(N(c4ccccc4)c4ccccc4)cc3)cc2)cc1. The lowest BCUT2D eigenvalue weighted by molar-refractivity contribution is 1.18. The summed E-state index contributed by atoms with van der Waals surface area (Å²) in [7, 11) is 0. The summed E-state index contributed by atoms with van der Waals surface area (Å²) in [5.74, 6) is 0. The third-order valence-corrected chi connectivity index (χ3v) is 14.6. The van der Waals surface area contributed by atoms with E-state index in [0.29, 0.717) is 0 Å². The summed E-state index contributed by atoms with van der Waals surface area (Å²) in [6.07, 6.45) is 0. The van der Waals surface area contributed by atoms with Crippen LogP contribution in [-0.2, 0) is 0 Å². The maximum Gasteiger partial charge on any atom is 0.0553 e. The van der Waals surface area contributed by atoms with E-state index >= 15 is 0 Å². The van der Waals surface area contributed by atoms with Crippen molar-refractivity contribution in [3.63, 3.8) is 0 Å². The van der Waals surface area contributed by atoms with E-state index < -0.39 is 0 Å². The predicted octanol–water partition coefficient (Wildman–Crippen LogP) is 19.8. The molecule has 0 bridgehead atoms. The Kier molecular flexibility index (Phi) is 10.5. The van der Waals surface area contributed by atoms with E-state index in [1.165, 1.54) is 59.7 Å². The molecule has 0 saturated carbocycles. The molecule has 1 aromatic heterocycles. The highest BCUT2D eigenvalue weighted by molar-refractivity contribution is 6.33. The first-order chi connectivity index (χ1) is 36.7. The molecule has 0 fully saturated rings. The fourth-order valence-corrected chi connectivity index (χ4v) is 11.3. The van der Waals surface area contributed by atoms with Crippen LogP contribution in [0.5, 0.6) is 0 Å². The van der Waals surface area contributed by atoms with Gasteiger partial charge < -0.3 is 19.3 Å². The van der Waals surface area contributed by atoms with Gasteiger partial charge in [0.1, 0.15) is 0 Å². The molecule has 0 amide bonds. The number of nitrogens with zero attached hydrogens (tertiary/aromatic N) is 4. The van der Waals surface area contributed by atoms with Gasteiger partial charge in [0.25, 0.3) is 0 Å². The van der Waals surface area contributed by atoms with Crippen molar-refractivity contribution in [2.45, 2.75) is 0 Å². The first-order valence-electron chi connectivity index (χ1n) is 25.3. The number of hydrogen-bond acceptors (Lipinski definition) is 3. The third-order valence-electron chi connectivity index (χ3n) is 14.6. The molecule has 0 N–H and O–H groups in total. The molecule has 0 aliphatic rings. The fraction of sp³-hybridized carbons (Fsp3) is 0. The fourth-order valence-electron chi connectivity index (χ4n) is 11.3. The van der Waals surface area contributed by atoms with Crippen LogP contribution in [0, 0.1) is 0 Å². The van der Waals surface area contributed by atoms with Crippen molar-refractivity contribution < 1.29 is 0 Å². The Labute approximate surface area is 430 Å². The minimum Gasteiger partial charge on any atom is -0.311 e. The molecule has 0 atom stereocenters. The minimum atomic E-state index is 1.05. The van der Waals surface area contributed by atoms with E-state index in [1.54, 1.807) is 0 Å². The second kappa shape index (κ2) is 18.1. The monoisotopic (exact) mass is 944 g/mol. The van der Waals surface area contributed by atoms with E-state index in [-0.39, 0.29) is 0 Å². The quantitative estimate of drug-likeness (QED) is 0.120. The summed E-state index contributed by atoms with van der Waals surface area (Å²) in [5, 5.41) is 10.3. The molecule has 0 saturated heterocycles. The standard InChI is InChI=1S/C70H48N4/c1-6-19-54(20-7-1)71(55-21-8-2-9-22-55)60-37-41-62(42-38-60)73(63-43-39-61(40-44-63)72(56-23-10-3-11-24-56)57-25-12-4-13-26-57)59-35-31-49(32-36-59)52-34-46-66-65(47-52)70-64-45-33-51-18-16-17-50-29-30-53(69(64)68(50)51)48-67(70)74(66)58-27-14-5-15-28-58/h1-48H. The van der Waals surface area contributed by atoms with Crippen molar-refractivity contribution in [1.29, 1.82) is 0 Å². The molecule has 74 heavy (non-hydrogen) atoms. The summed E-state index contributed by atoms with van der Waals surface area (Å²) in [5.41, 5.74) is 15.6. The van der Waals surface area contributed by atoms with Gasteiger partial charge in [0.2, 0.25) is 0 Å². The molecule has 0 spiro atoms. The van der Waals surface area contributed by atoms with Crippen LogP contribution < -0.4 is 14.7 Å². The third kappa shape index (κ3) is 7.39. The zero-order valence-electron chi connectivity index (χ0n) is 40.5. The van der Waals surface area contributed by atoms with Crippen LogP contribution >= 0.6 is 0 Å². The highest BCUT2D eigenvalue weighted by Gasteiger charge is 2.21. The second-order valence-electron chi connectivity index (χ2n) is 19.0. The van der Waals surface area contributed by atoms with Crippen molar-refractivity contribution in [2.24, 2.45) is 0 Å². The van der Waals surface area contributed by atoms with Crippen molar-refractivity contribution in [2.75, 3.05) is 14.7 Å². The largest absolute Gasteiger partial charge is 0.311 e. The molecule has 1 heterocycles. The summed E-state index contributed by atoms with van der Waals surface area (Å²) in [4.78, 5) is 6.97. The topological polar surface area (TPSA) is 14.7 Å². The molecule has 14 aromatic rings. The van der Waals surface area contributed by atoms with E-state index in [2.05, 4.69) is 310 Å². The molecule has 348 valence electrons. The Hall–Kier alpha value is -9.90. The first-order valence-corrected chi connectivity index (χ1v) is 25.3. The lowest BCUT2D eigenvalue weighted by atomic mass is 9.91. The van der Waals surface area contributed by atoms with Gasteiger partial charge in [-0.25, -0.2) is 0 Å². The summed E-state index contributed by atoms with van der Waals surface area (Å²) >= 11 is 0. The van der Waals surface area contributed by atoms with Crippen LogP contribution in [0.2, 0.25) is 0 Å². The van der Waals surface area contributed by atoms with Crippen molar-refractivity contribution in [3.8, 4) is 16.8 Å². The van der Waals surface area contributed by atoms with Crippen LogP contribution in [-0.4, -0.2) is 4.57 Å².